The van der Waals surface area contributed by atoms with Crippen molar-refractivity contribution >= 4 is 18.3 Å². The van der Waals surface area contributed by atoms with Crippen LogP contribution in [-0.4, -0.2) is 44.6 Å². The first-order valence-corrected chi connectivity index (χ1v) is 5.90. The molecule has 1 aromatic carbocycles. The Morgan fingerprint density at radius 1 is 1.37 bits per heavy atom. The van der Waals surface area contributed by atoms with Gasteiger partial charge in [0.1, 0.15) is 18.2 Å². The normalized spacial score (nSPS) is 9.63. The lowest BCUT2D eigenvalue weighted by Crippen LogP contribution is -2.32. The molecule has 0 bridgehead atoms. The summed E-state index contributed by atoms with van der Waals surface area (Å²) in [5, 5.41) is 2.93. The zero-order valence-corrected chi connectivity index (χ0v) is 12.0. The van der Waals surface area contributed by atoms with Gasteiger partial charge in [0.15, 0.2) is 0 Å². The van der Waals surface area contributed by atoms with Crippen molar-refractivity contribution in [3.05, 3.63) is 30.1 Å². The summed E-state index contributed by atoms with van der Waals surface area (Å²) in [6, 6.07) is 5.82. The third-order valence-electron chi connectivity index (χ3n) is 2.52. The van der Waals surface area contributed by atoms with Crippen molar-refractivity contribution in [2.75, 3.05) is 33.8 Å². The van der Waals surface area contributed by atoms with Crippen LogP contribution in [0.3, 0.4) is 0 Å². The van der Waals surface area contributed by atoms with Crippen molar-refractivity contribution in [3.8, 4) is 5.75 Å². The quantitative estimate of drug-likeness (QED) is 0.831. The van der Waals surface area contributed by atoms with Gasteiger partial charge in [-0.15, -0.1) is 12.4 Å². The van der Waals surface area contributed by atoms with E-state index in [0.29, 0.717) is 31.9 Å². The maximum Gasteiger partial charge on any atom is 0.223 e. The van der Waals surface area contributed by atoms with Crippen LogP contribution in [-0.2, 0) is 4.79 Å². The molecule has 0 saturated heterocycles. The lowest BCUT2D eigenvalue weighted by Gasteiger charge is -2.17. The molecule has 0 radical (unpaired) electrons. The standard InChI is InChI=1S/C13H19FN2O2.ClH/c1-15-8-7-13(17)16(2)9-10-18-12-5-3-11(14)4-6-12;/h3-6,15H,7-10H2,1-2H3;1H. The van der Waals surface area contributed by atoms with Crippen molar-refractivity contribution in [3.63, 3.8) is 0 Å². The van der Waals surface area contributed by atoms with E-state index in [9.17, 15) is 9.18 Å². The number of nitrogens with zero attached hydrogens (tertiary/aromatic N) is 1. The number of ether oxygens (including phenoxy) is 1. The smallest absolute Gasteiger partial charge is 0.223 e. The van der Waals surface area contributed by atoms with E-state index in [1.165, 1.54) is 12.1 Å². The van der Waals surface area contributed by atoms with E-state index in [2.05, 4.69) is 5.32 Å². The van der Waals surface area contributed by atoms with Crippen LogP contribution in [0.25, 0.3) is 0 Å². The highest BCUT2D eigenvalue weighted by atomic mass is 35.5. The van der Waals surface area contributed by atoms with Crippen LogP contribution in [0, 0.1) is 5.82 Å². The van der Waals surface area contributed by atoms with Crippen LogP contribution in [0.15, 0.2) is 24.3 Å². The summed E-state index contributed by atoms with van der Waals surface area (Å²) in [5.41, 5.74) is 0. The fraction of sp³-hybridized carbons (Fsp3) is 0.462. The Balaban J connectivity index is 0.00000324. The minimum absolute atomic E-state index is 0. The summed E-state index contributed by atoms with van der Waals surface area (Å²) in [4.78, 5) is 13.2. The van der Waals surface area contributed by atoms with Gasteiger partial charge in [-0.05, 0) is 31.3 Å². The minimum atomic E-state index is -0.290. The summed E-state index contributed by atoms with van der Waals surface area (Å²) < 4.78 is 18.1. The van der Waals surface area contributed by atoms with Crippen LogP contribution >= 0.6 is 12.4 Å². The SMILES string of the molecule is CNCCC(=O)N(C)CCOc1ccc(F)cc1.Cl. The molecule has 0 saturated carbocycles. The molecular weight excluding hydrogens is 271 g/mol. The number of amides is 1. The van der Waals surface area contributed by atoms with Gasteiger partial charge in [0.25, 0.3) is 0 Å². The molecule has 4 nitrogen and oxygen atoms in total. The lowest BCUT2D eigenvalue weighted by atomic mass is 10.3. The van der Waals surface area contributed by atoms with Crippen molar-refractivity contribution in [2.45, 2.75) is 6.42 Å². The number of halogens is 2. The average Bonchev–Trinajstić information content (AvgIpc) is 2.38. The van der Waals surface area contributed by atoms with Crippen molar-refractivity contribution < 1.29 is 13.9 Å². The summed E-state index contributed by atoms with van der Waals surface area (Å²) >= 11 is 0. The number of rotatable bonds is 7. The molecular formula is C13H20ClFN2O2. The average molecular weight is 291 g/mol. The molecule has 6 heteroatoms. The largest absolute Gasteiger partial charge is 0.492 e. The number of carbonyl (C=O) groups is 1. The van der Waals surface area contributed by atoms with Crippen LogP contribution in [0.2, 0.25) is 0 Å². The predicted molar refractivity (Wildman–Crippen MR) is 75.3 cm³/mol. The van der Waals surface area contributed by atoms with Gasteiger partial charge in [-0.2, -0.15) is 0 Å². The van der Waals surface area contributed by atoms with Crippen molar-refractivity contribution in [1.29, 1.82) is 0 Å². The van der Waals surface area contributed by atoms with Gasteiger partial charge in [0.2, 0.25) is 5.91 Å². The molecule has 108 valence electrons. The summed E-state index contributed by atoms with van der Waals surface area (Å²) in [6.07, 6.45) is 0.476. The Bertz CT molecular complexity index is 373. The van der Waals surface area contributed by atoms with Gasteiger partial charge < -0.3 is 15.0 Å². The van der Waals surface area contributed by atoms with E-state index in [-0.39, 0.29) is 24.1 Å². The topological polar surface area (TPSA) is 41.6 Å². The Kier molecular flexibility index (Phi) is 8.91. The Morgan fingerprint density at radius 3 is 2.58 bits per heavy atom. The third kappa shape index (κ3) is 6.98. The maximum atomic E-state index is 12.6. The highest BCUT2D eigenvalue weighted by molar-refractivity contribution is 5.85. The zero-order chi connectivity index (χ0) is 13.4. The van der Waals surface area contributed by atoms with Crippen LogP contribution in [0.5, 0.6) is 5.75 Å². The second-order valence-corrected chi connectivity index (χ2v) is 3.97. The fourth-order valence-corrected chi connectivity index (χ4v) is 1.38. The number of hydrogen-bond donors (Lipinski definition) is 1. The molecule has 0 aromatic heterocycles. The molecule has 0 heterocycles. The molecule has 0 aliphatic rings. The zero-order valence-electron chi connectivity index (χ0n) is 11.2. The van der Waals surface area contributed by atoms with Crippen LogP contribution in [0.4, 0.5) is 4.39 Å². The van der Waals surface area contributed by atoms with Crippen molar-refractivity contribution in [1.82, 2.24) is 10.2 Å². The molecule has 0 aliphatic heterocycles. The number of carbonyl (C=O) groups excluding carboxylic acids is 1. The Morgan fingerprint density at radius 2 is 2.00 bits per heavy atom. The van der Waals surface area contributed by atoms with Crippen molar-refractivity contribution in [2.24, 2.45) is 0 Å². The number of nitrogens with one attached hydrogen (secondary N) is 1. The highest BCUT2D eigenvalue weighted by Gasteiger charge is 2.07. The molecule has 0 spiro atoms. The molecule has 0 fully saturated rings. The molecule has 1 aromatic rings. The van der Waals surface area contributed by atoms with E-state index in [4.69, 9.17) is 4.74 Å². The highest BCUT2D eigenvalue weighted by Crippen LogP contribution is 2.10. The summed E-state index contributed by atoms with van der Waals surface area (Å²) in [5.74, 6) is 0.390. The van der Waals surface area contributed by atoms with Gasteiger partial charge in [0, 0.05) is 20.0 Å². The number of hydrogen-bond acceptors (Lipinski definition) is 3. The molecule has 19 heavy (non-hydrogen) atoms. The number of likely N-dealkylation sites (N-methyl/N-ethyl adjacent to an activating group) is 1. The predicted octanol–water partition coefficient (Wildman–Crippen LogP) is 1.69. The number of benzene rings is 1. The van der Waals surface area contributed by atoms with Crippen LogP contribution in [0.1, 0.15) is 6.42 Å². The second kappa shape index (κ2) is 9.58. The Hall–Kier alpha value is -1.33. The molecule has 1 amide bonds. The minimum Gasteiger partial charge on any atom is -0.492 e. The lowest BCUT2D eigenvalue weighted by molar-refractivity contribution is -0.130. The summed E-state index contributed by atoms with van der Waals surface area (Å²) in [7, 11) is 3.55. The van der Waals surface area contributed by atoms with E-state index in [1.807, 2.05) is 7.05 Å². The second-order valence-electron chi connectivity index (χ2n) is 3.97. The van der Waals surface area contributed by atoms with E-state index < -0.39 is 0 Å². The van der Waals surface area contributed by atoms with Gasteiger partial charge in [-0.25, -0.2) is 4.39 Å². The maximum absolute atomic E-state index is 12.6. The van der Waals surface area contributed by atoms with E-state index in [1.54, 1.807) is 24.1 Å². The molecule has 0 aliphatic carbocycles. The van der Waals surface area contributed by atoms with Gasteiger partial charge in [0.05, 0.1) is 6.54 Å². The van der Waals surface area contributed by atoms with Gasteiger partial charge in [-0.1, -0.05) is 0 Å². The fourth-order valence-electron chi connectivity index (χ4n) is 1.38. The van der Waals surface area contributed by atoms with E-state index >= 15 is 0 Å². The monoisotopic (exact) mass is 290 g/mol. The summed E-state index contributed by atoms with van der Waals surface area (Å²) in [6.45, 7) is 1.58. The first kappa shape index (κ1) is 17.7. The first-order valence-electron chi connectivity index (χ1n) is 5.90. The molecule has 1 N–H and O–H groups in total. The molecule has 1 rings (SSSR count). The molecule has 0 atom stereocenters. The Labute approximate surface area is 119 Å². The molecule has 0 unspecified atom stereocenters. The third-order valence-corrected chi connectivity index (χ3v) is 2.52. The van der Waals surface area contributed by atoms with E-state index in [0.717, 1.165) is 0 Å². The van der Waals surface area contributed by atoms with Gasteiger partial charge in [-0.3, -0.25) is 4.79 Å². The first-order chi connectivity index (χ1) is 8.63. The van der Waals surface area contributed by atoms with Gasteiger partial charge >= 0.3 is 0 Å². The van der Waals surface area contributed by atoms with Crippen LogP contribution < -0.4 is 10.1 Å².